The predicted octanol–water partition coefficient (Wildman–Crippen LogP) is 2.25. The van der Waals surface area contributed by atoms with Crippen molar-refractivity contribution in [1.82, 2.24) is 0 Å². The van der Waals surface area contributed by atoms with Gasteiger partial charge >= 0.3 is 0 Å². The molecule has 1 N–H and O–H groups in total. The molecule has 0 bridgehead atoms. The lowest BCUT2D eigenvalue weighted by atomic mass is 10.3. The Balaban J connectivity index is 1.81. The minimum Gasteiger partial charge on any atom is -0.508 e. The third-order valence-corrected chi connectivity index (χ3v) is 3.35. The molecule has 0 aromatic heterocycles. The van der Waals surface area contributed by atoms with E-state index in [2.05, 4.69) is 0 Å². The zero-order chi connectivity index (χ0) is 10.5. The molecule has 3 nitrogen and oxygen atoms in total. The molecule has 0 amide bonds. The van der Waals surface area contributed by atoms with Gasteiger partial charge in [0.05, 0.1) is 12.7 Å². The number of hydrogen-bond donors (Lipinski definition) is 1. The van der Waals surface area contributed by atoms with Gasteiger partial charge in [0.15, 0.2) is 0 Å². The highest BCUT2D eigenvalue weighted by Crippen LogP contribution is 2.24. The average Bonchev–Trinajstić information content (AvgIpc) is 2.28. The molecule has 1 aliphatic rings. The minimum absolute atomic E-state index is 0.270. The molecule has 1 aromatic carbocycles. The predicted molar refractivity (Wildman–Crippen MR) is 59.1 cm³/mol. The summed E-state index contributed by atoms with van der Waals surface area (Å²) < 4.78 is 10.5. The maximum Gasteiger partial charge on any atom is 0.147 e. The van der Waals surface area contributed by atoms with Crippen LogP contribution in [0.3, 0.4) is 0 Å². The van der Waals surface area contributed by atoms with Crippen LogP contribution in [0.25, 0.3) is 0 Å². The molecule has 1 unspecified atom stereocenters. The normalized spacial score (nSPS) is 21.5. The van der Waals surface area contributed by atoms with Gasteiger partial charge in [-0.05, 0) is 24.6 Å². The second-order valence-electron chi connectivity index (χ2n) is 3.41. The standard InChI is InChI=1S/C11H14O3S/c12-9-2-1-3-11(6-9)15-7-10-4-5-13-8-14-10/h1-3,6,10,12H,4-5,7-8H2. The van der Waals surface area contributed by atoms with Crippen LogP contribution >= 0.6 is 11.8 Å². The van der Waals surface area contributed by atoms with Crippen molar-refractivity contribution in [2.75, 3.05) is 19.2 Å². The van der Waals surface area contributed by atoms with Crippen molar-refractivity contribution < 1.29 is 14.6 Å². The van der Waals surface area contributed by atoms with E-state index >= 15 is 0 Å². The number of phenolic OH excluding ortho intramolecular Hbond substituents is 1. The first kappa shape index (κ1) is 10.8. The van der Waals surface area contributed by atoms with Crippen molar-refractivity contribution in [3.63, 3.8) is 0 Å². The highest BCUT2D eigenvalue weighted by Gasteiger charge is 2.14. The third kappa shape index (κ3) is 3.41. The Bertz CT molecular complexity index is 310. The van der Waals surface area contributed by atoms with Crippen molar-refractivity contribution in [2.24, 2.45) is 0 Å². The lowest BCUT2D eigenvalue weighted by molar-refractivity contribution is -0.130. The Morgan fingerprint density at radius 1 is 1.47 bits per heavy atom. The molecule has 4 heteroatoms. The van der Waals surface area contributed by atoms with Crippen LogP contribution in [0.5, 0.6) is 5.75 Å². The summed E-state index contributed by atoms with van der Waals surface area (Å²) in [4.78, 5) is 1.07. The summed E-state index contributed by atoms with van der Waals surface area (Å²) >= 11 is 1.70. The molecular formula is C11H14O3S. The van der Waals surface area contributed by atoms with E-state index in [1.165, 1.54) is 0 Å². The van der Waals surface area contributed by atoms with Crippen molar-refractivity contribution in [3.8, 4) is 5.75 Å². The average molecular weight is 226 g/mol. The van der Waals surface area contributed by atoms with Crippen molar-refractivity contribution in [1.29, 1.82) is 0 Å². The molecule has 82 valence electrons. The first-order valence-corrected chi connectivity index (χ1v) is 5.94. The van der Waals surface area contributed by atoms with Crippen LogP contribution in [0.4, 0.5) is 0 Å². The molecular weight excluding hydrogens is 212 g/mol. The van der Waals surface area contributed by atoms with Crippen LogP contribution < -0.4 is 0 Å². The maximum absolute atomic E-state index is 9.29. The van der Waals surface area contributed by atoms with Crippen LogP contribution in [0.15, 0.2) is 29.2 Å². The Labute approximate surface area is 93.4 Å². The summed E-state index contributed by atoms with van der Waals surface area (Å²) in [6.45, 7) is 1.19. The molecule has 0 radical (unpaired) electrons. The molecule has 15 heavy (non-hydrogen) atoms. The van der Waals surface area contributed by atoms with E-state index in [4.69, 9.17) is 9.47 Å². The first-order chi connectivity index (χ1) is 7.34. The summed E-state index contributed by atoms with van der Waals surface area (Å²) in [5.41, 5.74) is 0. The van der Waals surface area contributed by atoms with E-state index < -0.39 is 0 Å². The van der Waals surface area contributed by atoms with Gasteiger partial charge in [-0.2, -0.15) is 0 Å². The molecule has 1 aliphatic heterocycles. The van der Waals surface area contributed by atoms with E-state index in [0.29, 0.717) is 12.5 Å². The van der Waals surface area contributed by atoms with E-state index in [-0.39, 0.29) is 6.10 Å². The summed E-state index contributed by atoms with van der Waals surface area (Å²) in [7, 11) is 0. The summed E-state index contributed by atoms with van der Waals surface area (Å²) in [6, 6.07) is 7.28. The van der Waals surface area contributed by atoms with Crippen LogP contribution in [-0.2, 0) is 9.47 Å². The first-order valence-electron chi connectivity index (χ1n) is 4.96. The zero-order valence-corrected chi connectivity index (χ0v) is 9.20. The fraction of sp³-hybridized carbons (Fsp3) is 0.455. The Kier molecular flexibility index (Phi) is 3.88. The molecule has 2 rings (SSSR count). The van der Waals surface area contributed by atoms with Crippen molar-refractivity contribution in [2.45, 2.75) is 17.4 Å². The SMILES string of the molecule is Oc1cccc(SCC2CCOCO2)c1. The maximum atomic E-state index is 9.29. The lowest BCUT2D eigenvalue weighted by Gasteiger charge is -2.22. The largest absolute Gasteiger partial charge is 0.508 e. The van der Waals surface area contributed by atoms with Crippen LogP contribution in [-0.4, -0.2) is 30.4 Å². The second-order valence-corrected chi connectivity index (χ2v) is 4.51. The van der Waals surface area contributed by atoms with Gasteiger partial charge in [-0.25, -0.2) is 0 Å². The number of aromatic hydroxyl groups is 1. The Morgan fingerprint density at radius 3 is 3.13 bits per heavy atom. The highest BCUT2D eigenvalue weighted by atomic mass is 32.2. The van der Waals surface area contributed by atoms with Crippen molar-refractivity contribution >= 4 is 11.8 Å². The Hall–Kier alpha value is -0.710. The Morgan fingerprint density at radius 2 is 2.40 bits per heavy atom. The second kappa shape index (κ2) is 5.39. The number of rotatable bonds is 3. The summed E-state index contributed by atoms with van der Waals surface area (Å²) in [6.07, 6.45) is 1.22. The number of benzene rings is 1. The molecule has 1 aromatic rings. The van der Waals surface area contributed by atoms with Crippen molar-refractivity contribution in [3.05, 3.63) is 24.3 Å². The van der Waals surface area contributed by atoms with E-state index in [1.807, 2.05) is 12.1 Å². The molecule has 1 fully saturated rings. The van der Waals surface area contributed by atoms with Gasteiger partial charge in [0.1, 0.15) is 12.5 Å². The van der Waals surface area contributed by atoms with E-state index in [9.17, 15) is 5.11 Å². The zero-order valence-electron chi connectivity index (χ0n) is 8.39. The molecule has 0 saturated carbocycles. The van der Waals surface area contributed by atoms with Gasteiger partial charge in [0.2, 0.25) is 0 Å². The van der Waals surface area contributed by atoms with E-state index in [1.54, 1.807) is 23.9 Å². The van der Waals surface area contributed by atoms with Gasteiger partial charge in [0, 0.05) is 10.6 Å². The molecule has 0 aliphatic carbocycles. The number of phenols is 1. The lowest BCUT2D eigenvalue weighted by Crippen LogP contribution is -2.25. The highest BCUT2D eigenvalue weighted by molar-refractivity contribution is 7.99. The van der Waals surface area contributed by atoms with Crippen LogP contribution in [0.2, 0.25) is 0 Å². The van der Waals surface area contributed by atoms with Crippen LogP contribution in [0.1, 0.15) is 6.42 Å². The van der Waals surface area contributed by atoms with Gasteiger partial charge in [-0.3, -0.25) is 0 Å². The van der Waals surface area contributed by atoms with Gasteiger partial charge in [-0.1, -0.05) is 6.07 Å². The molecule has 1 atom stereocenters. The summed E-state index contributed by atoms with van der Waals surface area (Å²) in [5.74, 6) is 1.22. The number of thioether (sulfide) groups is 1. The fourth-order valence-electron chi connectivity index (χ4n) is 1.40. The molecule has 1 heterocycles. The molecule has 1 saturated heterocycles. The minimum atomic E-state index is 0.270. The number of ether oxygens (including phenoxy) is 2. The van der Waals surface area contributed by atoms with Crippen LogP contribution in [0, 0.1) is 0 Å². The summed E-state index contributed by atoms with van der Waals surface area (Å²) in [5, 5.41) is 9.29. The van der Waals surface area contributed by atoms with E-state index in [0.717, 1.165) is 23.7 Å². The number of hydrogen-bond acceptors (Lipinski definition) is 4. The third-order valence-electron chi connectivity index (χ3n) is 2.22. The monoisotopic (exact) mass is 226 g/mol. The topological polar surface area (TPSA) is 38.7 Å². The van der Waals surface area contributed by atoms with Gasteiger partial charge in [-0.15, -0.1) is 11.8 Å². The fourth-order valence-corrected chi connectivity index (χ4v) is 2.42. The van der Waals surface area contributed by atoms with Gasteiger partial charge in [0.25, 0.3) is 0 Å². The molecule has 0 spiro atoms. The quantitative estimate of drug-likeness (QED) is 0.802. The smallest absolute Gasteiger partial charge is 0.147 e. The van der Waals surface area contributed by atoms with Gasteiger partial charge < -0.3 is 14.6 Å².